The average Bonchev–Trinajstić information content (AvgIpc) is 3.14. The number of piperazine rings is 1. The van der Waals surface area contributed by atoms with Crippen LogP contribution in [0.3, 0.4) is 0 Å². The average molecular weight is 453 g/mol. The molecular formula is C25H33ClN6. The highest BCUT2D eigenvalue weighted by Crippen LogP contribution is 2.35. The molecule has 0 radical (unpaired) electrons. The minimum atomic E-state index is 0.331. The van der Waals surface area contributed by atoms with Crippen LogP contribution >= 0.6 is 11.6 Å². The van der Waals surface area contributed by atoms with Gasteiger partial charge >= 0.3 is 0 Å². The molecule has 1 unspecified atom stereocenters. The Hall–Kier alpha value is -2.15. The Morgan fingerprint density at radius 3 is 2.78 bits per heavy atom. The summed E-state index contributed by atoms with van der Waals surface area (Å²) in [4.78, 5) is 17.1. The Morgan fingerprint density at radius 1 is 1.12 bits per heavy atom. The van der Waals surface area contributed by atoms with Gasteiger partial charge in [0, 0.05) is 38.9 Å². The first-order valence-electron chi connectivity index (χ1n) is 11.9. The summed E-state index contributed by atoms with van der Waals surface area (Å²) in [5.74, 6) is 1.14. The van der Waals surface area contributed by atoms with E-state index in [4.69, 9.17) is 21.6 Å². The maximum Gasteiger partial charge on any atom is 0.139 e. The molecule has 1 saturated heterocycles. The highest BCUT2D eigenvalue weighted by molar-refractivity contribution is 6.30. The number of hydrogen-bond donors (Lipinski definition) is 0. The summed E-state index contributed by atoms with van der Waals surface area (Å²) < 4.78 is 2.14. The number of imidazole rings is 1. The van der Waals surface area contributed by atoms with Gasteiger partial charge in [-0.25, -0.2) is 4.98 Å². The number of aryl methyl sites for hydroxylation is 1. The van der Waals surface area contributed by atoms with Crippen molar-refractivity contribution < 1.29 is 0 Å². The van der Waals surface area contributed by atoms with Gasteiger partial charge in [-0.1, -0.05) is 30.7 Å². The second kappa shape index (κ2) is 9.38. The molecule has 0 N–H and O–H groups in total. The zero-order chi connectivity index (χ0) is 22.1. The molecule has 1 aliphatic heterocycles. The summed E-state index contributed by atoms with van der Waals surface area (Å²) in [5, 5.41) is 0.743. The molecule has 1 fully saturated rings. The van der Waals surface area contributed by atoms with Crippen LogP contribution in [-0.4, -0.2) is 63.9 Å². The predicted octanol–water partition coefficient (Wildman–Crippen LogP) is 4.42. The SMILES string of the molecule is CCCN(Cc1nc2cccc(N3CCN(C)CC3)n2c1Cl)C1CCCc2cccnc21. The number of likely N-dealkylation sites (N-methyl/N-ethyl adjacent to an activating group) is 1. The van der Waals surface area contributed by atoms with Gasteiger partial charge in [0.2, 0.25) is 0 Å². The van der Waals surface area contributed by atoms with Crippen LogP contribution in [0.4, 0.5) is 5.82 Å². The normalized spacial score (nSPS) is 19.6. The zero-order valence-electron chi connectivity index (χ0n) is 19.2. The van der Waals surface area contributed by atoms with Crippen LogP contribution in [0.5, 0.6) is 0 Å². The molecule has 0 spiro atoms. The van der Waals surface area contributed by atoms with Gasteiger partial charge in [-0.3, -0.25) is 14.3 Å². The van der Waals surface area contributed by atoms with E-state index in [1.165, 1.54) is 17.7 Å². The zero-order valence-corrected chi connectivity index (χ0v) is 19.9. The maximum atomic E-state index is 7.01. The molecule has 32 heavy (non-hydrogen) atoms. The fourth-order valence-corrected chi connectivity index (χ4v) is 5.51. The maximum absolute atomic E-state index is 7.01. The minimum Gasteiger partial charge on any atom is -0.355 e. The third kappa shape index (κ3) is 4.12. The summed E-state index contributed by atoms with van der Waals surface area (Å²) in [7, 11) is 2.18. The van der Waals surface area contributed by atoms with Gasteiger partial charge in [-0.05, 0) is 63.0 Å². The number of rotatable bonds is 6. The van der Waals surface area contributed by atoms with Crippen LogP contribution in [0.1, 0.15) is 49.2 Å². The van der Waals surface area contributed by atoms with Crippen molar-refractivity contribution in [2.45, 2.75) is 45.2 Å². The molecule has 7 heteroatoms. The molecule has 170 valence electrons. The molecular weight excluding hydrogens is 420 g/mol. The van der Waals surface area contributed by atoms with Gasteiger partial charge in [0.05, 0.1) is 17.4 Å². The number of anilines is 1. The fraction of sp³-hybridized carbons (Fsp3) is 0.520. The molecule has 0 aromatic carbocycles. The van der Waals surface area contributed by atoms with Gasteiger partial charge in [-0.15, -0.1) is 0 Å². The van der Waals surface area contributed by atoms with Crippen molar-refractivity contribution in [3.8, 4) is 0 Å². The van der Waals surface area contributed by atoms with Crippen LogP contribution in [0, 0.1) is 0 Å². The van der Waals surface area contributed by atoms with E-state index < -0.39 is 0 Å². The minimum absolute atomic E-state index is 0.331. The molecule has 0 saturated carbocycles. The van der Waals surface area contributed by atoms with E-state index in [-0.39, 0.29) is 0 Å². The number of aromatic nitrogens is 3. The number of fused-ring (bicyclic) bond motifs is 2. The Bertz CT molecular complexity index is 1070. The van der Waals surface area contributed by atoms with Crippen LogP contribution in [0.15, 0.2) is 36.5 Å². The van der Waals surface area contributed by atoms with E-state index in [0.717, 1.165) is 80.8 Å². The summed E-state index contributed by atoms with van der Waals surface area (Å²) >= 11 is 7.01. The Balaban J connectivity index is 1.47. The predicted molar refractivity (Wildman–Crippen MR) is 131 cm³/mol. The molecule has 0 bridgehead atoms. The van der Waals surface area contributed by atoms with Gasteiger partial charge in [-0.2, -0.15) is 0 Å². The van der Waals surface area contributed by atoms with Gasteiger partial charge in [0.15, 0.2) is 0 Å². The highest BCUT2D eigenvalue weighted by atomic mass is 35.5. The number of nitrogens with zero attached hydrogens (tertiary/aromatic N) is 6. The smallest absolute Gasteiger partial charge is 0.139 e. The van der Waals surface area contributed by atoms with Crippen molar-refractivity contribution in [3.63, 3.8) is 0 Å². The third-order valence-corrected chi connectivity index (χ3v) is 7.32. The molecule has 1 atom stereocenters. The summed E-state index contributed by atoms with van der Waals surface area (Å²) in [5.41, 5.74) is 4.53. The van der Waals surface area contributed by atoms with E-state index in [0.29, 0.717) is 6.04 Å². The standard InChI is InChI=1S/C25H33ClN6/c1-3-13-31(21-9-4-7-19-8-6-12-27-24(19)21)18-20-25(26)32-22(28-20)10-5-11-23(32)30-16-14-29(2)15-17-30/h5-6,8,10-12,21H,3-4,7,9,13-18H2,1-2H3. The molecule has 3 aromatic rings. The third-order valence-electron chi connectivity index (χ3n) is 6.93. The van der Waals surface area contributed by atoms with E-state index in [1.807, 2.05) is 6.20 Å². The Labute approximate surface area is 195 Å². The van der Waals surface area contributed by atoms with Gasteiger partial charge in [0.25, 0.3) is 0 Å². The number of pyridine rings is 2. The Kier molecular flexibility index (Phi) is 6.35. The van der Waals surface area contributed by atoms with Gasteiger partial charge < -0.3 is 9.80 Å². The van der Waals surface area contributed by atoms with E-state index in [2.05, 4.69) is 63.4 Å². The van der Waals surface area contributed by atoms with Gasteiger partial charge in [0.1, 0.15) is 16.6 Å². The first-order chi connectivity index (χ1) is 15.7. The van der Waals surface area contributed by atoms with Crippen LogP contribution < -0.4 is 4.90 Å². The topological polar surface area (TPSA) is 39.9 Å². The molecule has 1 aliphatic carbocycles. The van der Waals surface area contributed by atoms with Crippen LogP contribution in [-0.2, 0) is 13.0 Å². The highest BCUT2D eigenvalue weighted by Gasteiger charge is 2.28. The Morgan fingerprint density at radius 2 is 1.97 bits per heavy atom. The first-order valence-corrected chi connectivity index (χ1v) is 12.3. The quantitative estimate of drug-likeness (QED) is 0.553. The van der Waals surface area contributed by atoms with Crippen LogP contribution in [0.2, 0.25) is 5.15 Å². The lowest BCUT2D eigenvalue weighted by Crippen LogP contribution is -2.45. The first kappa shape index (κ1) is 21.7. The molecule has 4 heterocycles. The second-order valence-electron chi connectivity index (χ2n) is 9.14. The lowest BCUT2D eigenvalue weighted by molar-refractivity contribution is 0.164. The monoisotopic (exact) mass is 452 g/mol. The van der Waals surface area contributed by atoms with E-state index in [9.17, 15) is 0 Å². The van der Waals surface area contributed by atoms with Crippen molar-refractivity contribution in [1.82, 2.24) is 24.2 Å². The molecule has 6 nitrogen and oxygen atoms in total. The van der Waals surface area contributed by atoms with Crippen LogP contribution in [0.25, 0.3) is 5.65 Å². The van der Waals surface area contributed by atoms with Crippen molar-refractivity contribution in [2.24, 2.45) is 0 Å². The lowest BCUT2D eigenvalue weighted by Gasteiger charge is -2.34. The van der Waals surface area contributed by atoms with Crippen molar-refractivity contribution in [2.75, 3.05) is 44.7 Å². The van der Waals surface area contributed by atoms with Crippen molar-refractivity contribution >= 4 is 23.1 Å². The van der Waals surface area contributed by atoms with E-state index >= 15 is 0 Å². The van der Waals surface area contributed by atoms with E-state index in [1.54, 1.807) is 0 Å². The number of halogens is 1. The number of hydrogen-bond acceptors (Lipinski definition) is 5. The summed E-state index contributed by atoms with van der Waals surface area (Å²) in [6.07, 6.45) is 6.50. The lowest BCUT2D eigenvalue weighted by atomic mass is 9.90. The molecule has 3 aromatic heterocycles. The van der Waals surface area contributed by atoms with Crippen molar-refractivity contribution in [1.29, 1.82) is 0 Å². The molecule has 5 rings (SSSR count). The van der Waals surface area contributed by atoms with Crippen molar-refractivity contribution in [3.05, 3.63) is 58.6 Å². The summed E-state index contributed by atoms with van der Waals surface area (Å²) in [6.45, 7) is 8.14. The largest absolute Gasteiger partial charge is 0.355 e. The fourth-order valence-electron chi connectivity index (χ4n) is 5.24. The molecule has 2 aliphatic rings. The molecule has 0 amide bonds. The second-order valence-corrected chi connectivity index (χ2v) is 9.50. The summed E-state index contributed by atoms with van der Waals surface area (Å²) in [6, 6.07) is 11.0.